The minimum absolute atomic E-state index is 0.198. The molecule has 2 nitrogen and oxygen atoms in total. The summed E-state index contributed by atoms with van der Waals surface area (Å²) in [5, 5.41) is 3.27. The van der Waals surface area contributed by atoms with Crippen molar-refractivity contribution in [2.45, 2.75) is 38.8 Å². The van der Waals surface area contributed by atoms with Crippen LogP contribution in [0.5, 0.6) is 0 Å². The number of benzene rings is 1. The first-order chi connectivity index (χ1) is 6.99. The first-order valence-electron chi connectivity index (χ1n) is 5.54. The maximum atomic E-state index is 6.13. The number of rotatable bonds is 4. The number of hydrogen-bond acceptors (Lipinski definition) is 2. The summed E-state index contributed by atoms with van der Waals surface area (Å²) in [6, 6.07) is 8.86. The van der Waals surface area contributed by atoms with Gasteiger partial charge in [-0.05, 0) is 38.4 Å². The van der Waals surface area contributed by atoms with Crippen molar-refractivity contribution in [2.24, 2.45) is 5.73 Å². The number of hydrogen-bond donors (Lipinski definition) is 2. The second kappa shape index (κ2) is 4.77. The van der Waals surface area contributed by atoms with Crippen LogP contribution in [0.3, 0.4) is 0 Å². The Hall–Kier alpha value is -0.860. The maximum absolute atomic E-state index is 6.13. The summed E-state index contributed by atoms with van der Waals surface area (Å²) in [4.78, 5) is 0. The Bertz CT molecular complexity index is 295. The van der Waals surface area contributed by atoms with Crippen LogP contribution in [0.4, 0.5) is 0 Å². The SMILES string of the molecule is CCc1ccc(C(NC)C(C)(C)N)cc1. The van der Waals surface area contributed by atoms with E-state index in [1.54, 1.807) is 0 Å². The Balaban J connectivity index is 2.93. The van der Waals surface area contributed by atoms with Gasteiger partial charge in [0.1, 0.15) is 0 Å². The molecule has 15 heavy (non-hydrogen) atoms. The summed E-state index contributed by atoms with van der Waals surface area (Å²) in [6.45, 7) is 6.25. The highest BCUT2D eigenvalue weighted by atomic mass is 14.9. The lowest BCUT2D eigenvalue weighted by Gasteiger charge is -2.30. The first kappa shape index (κ1) is 12.2. The van der Waals surface area contributed by atoms with Crippen LogP contribution in [-0.2, 0) is 6.42 Å². The van der Waals surface area contributed by atoms with Gasteiger partial charge in [-0.25, -0.2) is 0 Å². The van der Waals surface area contributed by atoms with Crippen molar-refractivity contribution in [3.8, 4) is 0 Å². The van der Waals surface area contributed by atoms with E-state index in [1.165, 1.54) is 11.1 Å². The third-order valence-electron chi connectivity index (χ3n) is 2.75. The van der Waals surface area contributed by atoms with Crippen LogP contribution in [0.2, 0.25) is 0 Å². The van der Waals surface area contributed by atoms with Gasteiger partial charge in [0.15, 0.2) is 0 Å². The molecule has 0 aliphatic carbocycles. The number of likely N-dealkylation sites (N-methyl/N-ethyl adjacent to an activating group) is 1. The minimum atomic E-state index is -0.248. The summed E-state index contributed by atoms with van der Waals surface area (Å²) in [5.41, 5.74) is 8.50. The second-order valence-electron chi connectivity index (χ2n) is 4.64. The molecule has 2 heteroatoms. The van der Waals surface area contributed by atoms with E-state index in [2.05, 4.69) is 36.5 Å². The Morgan fingerprint density at radius 1 is 1.27 bits per heavy atom. The van der Waals surface area contributed by atoms with Crippen LogP contribution >= 0.6 is 0 Å². The molecular formula is C13H22N2. The van der Waals surface area contributed by atoms with Crippen LogP contribution in [0, 0.1) is 0 Å². The molecule has 0 spiro atoms. The van der Waals surface area contributed by atoms with Gasteiger partial charge in [-0.3, -0.25) is 0 Å². The standard InChI is InChI=1S/C13H22N2/c1-5-10-6-8-11(9-7-10)12(15-4)13(2,3)14/h6-9,12,15H,5,14H2,1-4H3. The minimum Gasteiger partial charge on any atom is -0.324 e. The molecule has 1 aromatic carbocycles. The molecule has 1 unspecified atom stereocenters. The highest BCUT2D eigenvalue weighted by Crippen LogP contribution is 2.23. The Morgan fingerprint density at radius 2 is 1.80 bits per heavy atom. The maximum Gasteiger partial charge on any atom is 0.0495 e. The zero-order valence-corrected chi connectivity index (χ0v) is 10.2. The van der Waals surface area contributed by atoms with Crippen molar-refractivity contribution in [3.05, 3.63) is 35.4 Å². The molecule has 3 N–H and O–H groups in total. The number of nitrogens with two attached hydrogens (primary N) is 1. The molecule has 1 atom stereocenters. The number of nitrogens with one attached hydrogen (secondary N) is 1. The molecule has 1 rings (SSSR count). The van der Waals surface area contributed by atoms with Gasteiger partial charge in [0, 0.05) is 11.6 Å². The van der Waals surface area contributed by atoms with Crippen LogP contribution in [-0.4, -0.2) is 12.6 Å². The summed E-state index contributed by atoms with van der Waals surface area (Å²) >= 11 is 0. The van der Waals surface area contributed by atoms with Gasteiger partial charge < -0.3 is 11.1 Å². The van der Waals surface area contributed by atoms with E-state index in [-0.39, 0.29) is 11.6 Å². The molecule has 0 fully saturated rings. The zero-order chi connectivity index (χ0) is 11.5. The molecule has 84 valence electrons. The van der Waals surface area contributed by atoms with Gasteiger partial charge >= 0.3 is 0 Å². The lowest BCUT2D eigenvalue weighted by Crippen LogP contribution is -2.45. The predicted octanol–water partition coefficient (Wildman–Crippen LogP) is 2.25. The summed E-state index contributed by atoms with van der Waals surface area (Å²) < 4.78 is 0. The van der Waals surface area contributed by atoms with E-state index in [0.29, 0.717) is 0 Å². The van der Waals surface area contributed by atoms with Crippen molar-refractivity contribution < 1.29 is 0 Å². The van der Waals surface area contributed by atoms with E-state index in [9.17, 15) is 0 Å². The second-order valence-corrected chi connectivity index (χ2v) is 4.64. The molecule has 0 aliphatic heterocycles. The van der Waals surface area contributed by atoms with E-state index < -0.39 is 0 Å². The molecule has 0 saturated heterocycles. The van der Waals surface area contributed by atoms with Crippen molar-refractivity contribution in [2.75, 3.05) is 7.05 Å². The predicted molar refractivity (Wildman–Crippen MR) is 65.9 cm³/mol. The lowest BCUT2D eigenvalue weighted by molar-refractivity contribution is 0.370. The summed E-state index contributed by atoms with van der Waals surface area (Å²) in [7, 11) is 1.95. The molecule has 0 aliphatic rings. The van der Waals surface area contributed by atoms with E-state index in [1.807, 2.05) is 20.9 Å². The first-order valence-corrected chi connectivity index (χ1v) is 5.54. The zero-order valence-electron chi connectivity index (χ0n) is 10.2. The van der Waals surface area contributed by atoms with Crippen LogP contribution in [0.25, 0.3) is 0 Å². The summed E-state index contributed by atoms with van der Waals surface area (Å²) in [6.07, 6.45) is 1.08. The van der Waals surface area contributed by atoms with Gasteiger partial charge in [-0.1, -0.05) is 31.2 Å². The Kier molecular flexibility index (Phi) is 3.89. The number of aryl methyl sites for hydroxylation is 1. The van der Waals surface area contributed by atoms with Crippen molar-refractivity contribution in [3.63, 3.8) is 0 Å². The van der Waals surface area contributed by atoms with Gasteiger partial charge in [-0.15, -0.1) is 0 Å². The molecule has 0 saturated carbocycles. The van der Waals surface area contributed by atoms with Crippen molar-refractivity contribution in [1.29, 1.82) is 0 Å². The normalized spacial score (nSPS) is 13.9. The molecule has 0 amide bonds. The average Bonchev–Trinajstić information content (AvgIpc) is 2.18. The molecule has 0 heterocycles. The largest absolute Gasteiger partial charge is 0.324 e. The Labute approximate surface area is 92.9 Å². The third-order valence-corrected chi connectivity index (χ3v) is 2.75. The fraction of sp³-hybridized carbons (Fsp3) is 0.538. The van der Waals surface area contributed by atoms with Crippen LogP contribution < -0.4 is 11.1 Å². The highest BCUT2D eigenvalue weighted by molar-refractivity contribution is 5.27. The van der Waals surface area contributed by atoms with Crippen molar-refractivity contribution >= 4 is 0 Å². The molecule has 0 bridgehead atoms. The fourth-order valence-electron chi connectivity index (χ4n) is 1.91. The van der Waals surface area contributed by atoms with Gasteiger partial charge in [0.25, 0.3) is 0 Å². The summed E-state index contributed by atoms with van der Waals surface area (Å²) in [5.74, 6) is 0. The lowest BCUT2D eigenvalue weighted by atomic mass is 9.89. The molecule has 0 radical (unpaired) electrons. The average molecular weight is 206 g/mol. The van der Waals surface area contributed by atoms with E-state index in [4.69, 9.17) is 5.73 Å². The van der Waals surface area contributed by atoms with E-state index >= 15 is 0 Å². The van der Waals surface area contributed by atoms with Crippen LogP contribution in [0.1, 0.15) is 37.9 Å². The van der Waals surface area contributed by atoms with Gasteiger partial charge in [-0.2, -0.15) is 0 Å². The monoisotopic (exact) mass is 206 g/mol. The quantitative estimate of drug-likeness (QED) is 0.793. The smallest absolute Gasteiger partial charge is 0.0495 e. The molecule has 0 aromatic heterocycles. The topological polar surface area (TPSA) is 38.0 Å². The highest BCUT2D eigenvalue weighted by Gasteiger charge is 2.24. The van der Waals surface area contributed by atoms with Gasteiger partial charge in [0.2, 0.25) is 0 Å². The Morgan fingerprint density at radius 3 is 2.13 bits per heavy atom. The fourth-order valence-corrected chi connectivity index (χ4v) is 1.91. The molecule has 1 aromatic rings. The van der Waals surface area contributed by atoms with Crippen molar-refractivity contribution in [1.82, 2.24) is 5.32 Å². The molecular weight excluding hydrogens is 184 g/mol. The van der Waals surface area contributed by atoms with Crippen LogP contribution in [0.15, 0.2) is 24.3 Å². The third kappa shape index (κ3) is 3.05. The van der Waals surface area contributed by atoms with E-state index in [0.717, 1.165) is 6.42 Å². The van der Waals surface area contributed by atoms with Gasteiger partial charge in [0.05, 0.1) is 0 Å².